The van der Waals surface area contributed by atoms with Crippen LogP contribution >= 0.6 is 0 Å². The van der Waals surface area contributed by atoms with Crippen molar-refractivity contribution in [3.63, 3.8) is 0 Å². The summed E-state index contributed by atoms with van der Waals surface area (Å²) in [4.78, 5) is 25.0. The summed E-state index contributed by atoms with van der Waals surface area (Å²) in [6.07, 6.45) is 3.33. The topological polar surface area (TPSA) is 96.2 Å². The zero-order valence-corrected chi connectivity index (χ0v) is 18.4. The Morgan fingerprint density at radius 1 is 1.16 bits per heavy atom. The third-order valence-electron chi connectivity index (χ3n) is 5.19. The maximum Gasteiger partial charge on any atom is 0.266 e. The van der Waals surface area contributed by atoms with Crippen LogP contribution in [0.25, 0.3) is 17.0 Å². The lowest BCUT2D eigenvalue weighted by molar-refractivity contribution is -0.121. The molecular weight excluding hydrogens is 404 g/mol. The van der Waals surface area contributed by atoms with Crippen LogP contribution in [0.1, 0.15) is 16.7 Å². The van der Waals surface area contributed by atoms with Gasteiger partial charge in [0.25, 0.3) is 5.91 Å². The third kappa shape index (κ3) is 5.42. The van der Waals surface area contributed by atoms with Crippen molar-refractivity contribution in [2.24, 2.45) is 0 Å². The molecule has 7 heteroatoms. The summed E-state index contributed by atoms with van der Waals surface area (Å²) in [5.41, 5.74) is 4.32. The van der Waals surface area contributed by atoms with Gasteiger partial charge >= 0.3 is 0 Å². The fourth-order valence-electron chi connectivity index (χ4n) is 3.35. The second-order valence-electron chi connectivity index (χ2n) is 7.50. The number of nitrogens with one attached hydrogen (secondary N) is 2. The molecule has 0 aliphatic carbocycles. The molecule has 0 aliphatic rings. The number of para-hydroxylation sites is 1. The highest BCUT2D eigenvalue weighted by molar-refractivity contribution is 6.10. The largest absolute Gasteiger partial charge is 0.383 e. The lowest BCUT2D eigenvalue weighted by Crippen LogP contribution is -2.30. The van der Waals surface area contributed by atoms with Gasteiger partial charge in [-0.3, -0.25) is 9.59 Å². The van der Waals surface area contributed by atoms with Crippen LogP contribution in [0.4, 0.5) is 5.69 Å². The number of nitriles is 1. The number of ether oxygens (including phenoxy) is 1. The van der Waals surface area contributed by atoms with Crippen LogP contribution in [0.5, 0.6) is 0 Å². The summed E-state index contributed by atoms with van der Waals surface area (Å²) in [7, 11) is 1.58. The van der Waals surface area contributed by atoms with E-state index in [9.17, 15) is 14.9 Å². The Labute approximate surface area is 187 Å². The van der Waals surface area contributed by atoms with E-state index in [4.69, 9.17) is 4.74 Å². The first-order chi connectivity index (χ1) is 15.4. The van der Waals surface area contributed by atoms with Crippen LogP contribution in [0.2, 0.25) is 0 Å². The molecule has 0 unspecified atom stereocenters. The lowest BCUT2D eigenvalue weighted by Gasteiger charge is -2.07. The van der Waals surface area contributed by atoms with Gasteiger partial charge < -0.3 is 19.9 Å². The van der Waals surface area contributed by atoms with E-state index in [0.29, 0.717) is 24.4 Å². The number of methoxy groups -OCH3 is 1. The minimum Gasteiger partial charge on any atom is -0.383 e. The van der Waals surface area contributed by atoms with Gasteiger partial charge in [-0.2, -0.15) is 5.26 Å². The van der Waals surface area contributed by atoms with E-state index in [1.165, 1.54) is 0 Å². The number of anilines is 1. The number of aromatic nitrogens is 1. The quantitative estimate of drug-likeness (QED) is 0.324. The Morgan fingerprint density at radius 2 is 1.94 bits per heavy atom. The number of rotatable bonds is 8. The van der Waals surface area contributed by atoms with Crippen LogP contribution < -0.4 is 10.6 Å². The van der Waals surface area contributed by atoms with E-state index < -0.39 is 5.91 Å². The van der Waals surface area contributed by atoms with Gasteiger partial charge in [0, 0.05) is 42.0 Å². The molecule has 7 nitrogen and oxygen atoms in total. The molecule has 0 radical (unpaired) electrons. The standard InChI is InChI=1S/C25H26N4O3/c1-17-8-9-21(12-18(17)2)28-25(31)19(14-26)13-20-15-29(16-24(30)27-10-11-32-3)23-7-5-4-6-22(20)23/h4-9,12-13,15H,10-11,16H2,1-3H3,(H,27,30)(H,28,31)/b19-13+. The Hall–Kier alpha value is -3.89. The molecule has 0 aliphatic heterocycles. The van der Waals surface area contributed by atoms with Gasteiger partial charge in [-0.15, -0.1) is 0 Å². The summed E-state index contributed by atoms with van der Waals surface area (Å²) < 4.78 is 6.76. The van der Waals surface area contributed by atoms with Gasteiger partial charge in [-0.25, -0.2) is 0 Å². The van der Waals surface area contributed by atoms with Crippen molar-refractivity contribution >= 4 is 34.5 Å². The molecule has 2 N–H and O–H groups in total. The van der Waals surface area contributed by atoms with E-state index in [-0.39, 0.29) is 18.0 Å². The molecule has 0 fully saturated rings. The van der Waals surface area contributed by atoms with E-state index in [1.54, 1.807) is 23.9 Å². The van der Waals surface area contributed by atoms with Crippen molar-refractivity contribution in [1.82, 2.24) is 9.88 Å². The van der Waals surface area contributed by atoms with Crippen molar-refractivity contribution in [3.05, 3.63) is 70.9 Å². The Balaban J connectivity index is 1.86. The normalized spacial score (nSPS) is 11.2. The molecule has 3 aromatic rings. The Bertz CT molecular complexity index is 1220. The first-order valence-electron chi connectivity index (χ1n) is 10.3. The van der Waals surface area contributed by atoms with E-state index >= 15 is 0 Å². The molecule has 2 amide bonds. The SMILES string of the molecule is COCCNC(=O)Cn1cc(/C=C(\C#N)C(=O)Nc2ccc(C)c(C)c2)c2ccccc21. The van der Waals surface area contributed by atoms with Crippen molar-refractivity contribution in [2.45, 2.75) is 20.4 Å². The van der Waals surface area contributed by atoms with Crippen molar-refractivity contribution in [3.8, 4) is 6.07 Å². The number of benzene rings is 2. The van der Waals surface area contributed by atoms with Crippen molar-refractivity contribution in [1.29, 1.82) is 5.26 Å². The number of aryl methyl sites for hydroxylation is 2. The molecule has 0 bridgehead atoms. The van der Waals surface area contributed by atoms with E-state index in [2.05, 4.69) is 10.6 Å². The van der Waals surface area contributed by atoms with Gasteiger partial charge in [-0.1, -0.05) is 24.3 Å². The minimum atomic E-state index is -0.482. The molecule has 0 spiro atoms. The molecule has 0 saturated carbocycles. The van der Waals surface area contributed by atoms with Crippen LogP contribution in [0.3, 0.4) is 0 Å². The minimum absolute atomic E-state index is 0.0179. The molecule has 3 rings (SSSR count). The van der Waals surface area contributed by atoms with Crippen LogP contribution in [-0.2, 0) is 20.9 Å². The number of hydrogen-bond donors (Lipinski definition) is 2. The van der Waals surface area contributed by atoms with E-state index in [0.717, 1.165) is 22.0 Å². The highest BCUT2D eigenvalue weighted by atomic mass is 16.5. The van der Waals surface area contributed by atoms with Gasteiger partial charge in [0.1, 0.15) is 18.2 Å². The number of carbonyl (C=O) groups is 2. The van der Waals surface area contributed by atoms with Crippen molar-refractivity contribution in [2.75, 3.05) is 25.6 Å². The average Bonchev–Trinajstić information content (AvgIpc) is 3.12. The fraction of sp³-hybridized carbons (Fsp3) is 0.240. The van der Waals surface area contributed by atoms with Gasteiger partial charge in [-0.05, 0) is 49.2 Å². The van der Waals surface area contributed by atoms with Gasteiger partial charge in [0.05, 0.1) is 6.61 Å². The zero-order valence-electron chi connectivity index (χ0n) is 18.4. The molecule has 0 atom stereocenters. The van der Waals surface area contributed by atoms with Crippen LogP contribution in [0, 0.1) is 25.2 Å². The third-order valence-corrected chi connectivity index (χ3v) is 5.19. The molecule has 1 heterocycles. The maximum absolute atomic E-state index is 12.7. The summed E-state index contributed by atoms with van der Waals surface area (Å²) in [5, 5.41) is 16.0. The summed E-state index contributed by atoms with van der Waals surface area (Å²) in [6, 6.07) is 15.2. The average molecular weight is 431 g/mol. The molecular formula is C25H26N4O3. The second-order valence-corrected chi connectivity index (χ2v) is 7.50. The van der Waals surface area contributed by atoms with Crippen molar-refractivity contribution < 1.29 is 14.3 Å². The van der Waals surface area contributed by atoms with Gasteiger partial charge in [0.2, 0.25) is 5.91 Å². The second kappa shape index (κ2) is 10.4. The Kier molecular flexibility index (Phi) is 7.42. The molecule has 32 heavy (non-hydrogen) atoms. The van der Waals surface area contributed by atoms with Crippen LogP contribution in [0.15, 0.2) is 54.2 Å². The zero-order chi connectivity index (χ0) is 23.1. The van der Waals surface area contributed by atoms with E-state index in [1.807, 2.05) is 62.4 Å². The van der Waals surface area contributed by atoms with Crippen LogP contribution in [-0.4, -0.2) is 36.6 Å². The summed E-state index contributed by atoms with van der Waals surface area (Å²) >= 11 is 0. The number of carbonyl (C=O) groups excluding carboxylic acids is 2. The monoisotopic (exact) mass is 430 g/mol. The molecule has 0 saturated heterocycles. The predicted molar refractivity (Wildman–Crippen MR) is 125 cm³/mol. The molecule has 164 valence electrons. The number of nitrogens with zero attached hydrogens (tertiary/aromatic N) is 2. The highest BCUT2D eigenvalue weighted by Gasteiger charge is 2.14. The highest BCUT2D eigenvalue weighted by Crippen LogP contribution is 2.24. The lowest BCUT2D eigenvalue weighted by atomic mass is 10.1. The first-order valence-corrected chi connectivity index (χ1v) is 10.3. The number of hydrogen-bond acceptors (Lipinski definition) is 4. The molecule has 2 aromatic carbocycles. The maximum atomic E-state index is 12.7. The first kappa shape index (κ1) is 22.8. The molecule has 1 aromatic heterocycles. The van der Waals surface area contributed by atoms with Gasteiger partial charge in [0.15, 0.2) is 0 Å². The summed E-state index contributed by atoms with van der Waals surface area (Å²) in [6.45, 7) is 4.95. The smallest absolute Gasteiger partial charge is 0.266 e. The predicted octanol–water partition coefficient (Wildman–Crippen LogP) is 3.57. The number of amides is 2. The Morgan fingerprint density at radius 3 is 2.66 bits per heavy atom. The summed E-state index contributed by atoms with van der Waals surface area (Å²) in [5.74, 6) is -0.629. The number of fused-ring (bicyclic) bond motifs is 1. The fourth-order valence-corrected chi connectivity index (χ4v) is 3.35.